The molecule has 0 N–H and O–H groups in total. The van der Waals surface area contributed by atoms with E-state index in [9.17, 15) is 0 Å². The van der Waals surface area contributed by atoms with Crippen molar-refractivity contribution in [1.82, 2.24) is 5.06 Å². The molecule has 0 spiro atoms. The number of nitrogens with zero attached hydrogens (tertiary/aromatic N) is 1. The fraction of sp³-hybridized carbons (Fsp3) is 0.226. The maximum absolute atomic E-state index is 7.49. The molecule has 2 fully saturated rings. The van der Waals surface area contributed by atoms with Gasteiger partial charge in [-0.3, -0.25) is 4.84 Å². The number of hydrogen-bond donors (Lipinski definition) is 0. The second-order valence-electron chi connectivity index (χ2n) is 9.73. The van der Waals surface area contributed by atoms with Crippen LogP contribution in [-0.2, 0) is 15.8 Å². The van der Waals surface area contributed by atoms with Crippen LogP contribution in [0.5, 0.6) is 0 Å². The molecule has 0 radical (unpaired) electrons. The first kappa shape index (κ1) is 22.4. The van der Waals surface area contributed by atoms with E-state index in [0.717, 1.165) is 6.54 Å². The second-order valence-corrected chi connectivity index (χ2v) is 13.3. The zero-order valence-electron chi connectivity index (χ0n) is 20.0. The van der Waals surface area contributed by atoms with E-state index in [0.29, 0.717) is 6.61 Å². The Balaban J connectivity index is 1.52. The molecule has 4 heteroatoms. The Morgan fingerprint density at radius 1 is 0.714 bits per heavy atom. The summed E-state index contributed by atoms with van der Waals surface area (Å²) in [4.78, 5) is 6.54. The zero-order valence-corrected chi connectivity index (χ0v) is 21.0. The fourth-order valence-corrected chi connectivity index (χ4v) is 11.2. The highest BCUT2D eigenvalue weighted by molar-refractivity contribution is 6.99. The van der Waals surface area contributed by atoms with Crippen LogP contribution >= 0.6 is 0 Å². The standard InChI is InChI=1S/C31H31NO2Si/c1-24-30-29(23-33-32(30)22-25-14-6-2-7-15-25)35(27-18-10-4-11-19-27,28-20-12-5-13-21-28)34-31(24)26-16-8-3-9-17-26/h2-21,24,29-31H,22-23H2,1H3/t24-,29+,30+,31+/m1/s1. The summed E-state index contributed by atoms with van der Waals surface area (Å²) in [6.07, 6.45) is -0.00972. The van der Waals surface area contributed by atoms with Gasteiger partial charge in [-0.15, -0.1) is 0 Å². The number of fused-ring (bicyclic) bond motifs is 1. The summed E-state index contributed by atoms with van der Waals surface area (Å²) in [5.41, 5.74) is 2.80. The lowest BCUT2D eigenvalue weighted by Gasteiger charge is -2.51. The Kier molecular flexibility index (Phi) is 6.13. The van der Waals surface area contributed by atoms with Gasteiger partial charge in [0, 0.05) is 24.0 Å². The average molecular weight is 478 g/mol. The molecule has 0 unspecified atom stereocenters. The van der Waals surface area contributed by atoms with Gasteiger partial charge in [-0.25, -0.2) is 0 Å². The van der Waals surface area contributed by atoms with Gasteiger partial charge in [-0.1, -0.05) is 128 Å². The predicted octanol–water partition coefficient (Wildman–Crippen LogP) is 5.34. The zero-order chi connectivity index (χ0) is 23.7. The lowest BCUT2D eigenvalue weighted by atomic mass is 9.88. The summed E-state index contributed by atoms with van der Waals surface area (Å²) in [6.45, 7) is 3.80. The second kappa shape index (κ2) is 9.55. The summed E-state index contributed by atoms with van der Waals surface area (Å²) in [5, 5.41) is 4.90. The number of hydroxylamine groups is 2. The molecule has 2 heterocycles. The average Bonchev–Trinajstić information content (AvgIpc) is 3.36. The molecule has 4 atom stereocenters. The molecule has 2 aliphatic rings. The Hall–Kier alpha value is -3.02. The van der Waals surface area contributed by atoms with Crippen molar-refractivity contribution in [2.24, 2.45) is 5.92 Å². The van der Waals surface area contributed by atoms with E-state index < -0.39 is 8.32 Å². The van der Waals surface area contributed by atoms with Crippen LogP contribution in [-0.4, -0.2) is 26.0 Å². The molecule has 2 saturated heterocycles. The fourth-order valence-electron chi connectivity index (χ4n) is 6.15. The summed E-state index contributed by atoms with van der Waals surface area (Å²) in [5.74, 6) is 0.279. The molecular formula is C31H31NO2Si. The van der Waals surface area contributed by atoms with Crippen molar-refractivity contribution in [3.63, 3.8) is 0 Å². The molecule has 176 valence electrons. The van der Waals surface area contributed by atoms with Crippen molar-refractivity contribution in [2.75, 3.05) is 6.61 Å². The van der Waals surface area contributed by atoms with Crippen LogP contribution in [0.15, 0.2) is 121 Å². The van der Waals surface area contributed by atoms with Gasteiger partial charge in [0.25, 0.3) is 8.32 Å². The maximum Gasteiger partial charge on any atom is 0.263 e. The lowest BCUT2D eigenvalue weighted by molar-refractivity contribution is -0.155. The third-order valence-electron chi connectivity index (χ3n) is 7.73. The van der Waals surface area contributed by atoms with Crippen molar-refractivity contribution in [2.45, 2.75) is 31.2 Å². The minimum Gasteiger partial charge on any atom is -0.400 e. The van der Waals surface area contributed by atoms with E-state index in [2.05, 4.69) is 133 Å². The van der Waals surface area contributed by atoms with Crippen molar-refractivity contribution in [3.8, 4) is 0 Å². The third kappa shape index (κ3) is 3.97. The van der Waals surface area contributed by atoms with Crippen molar-refractivity contribution in [3.05, 3.63) is 132 Å². The van der Waals surface area contributed by atoms with Crippen LogP contribution in [0.2, 0.25) is 5.54 Å². The smallest absolute Gasteiger partial charge is 0.263 e. The third-order valence-corrected chi connectivity index (χ3v) is 12.3. The van der Waals surface area contributed by atoms with E-state index >= 15 is 0 Å². The molecule has 0 amide bonds. The summed E-state index contributed by atoms with van der Waals surface area (Å²) in [6, 6.07) is 43.6. The highest BCUT2D eigenvalue weighted by atomic mass is 28.4. The van der Waals surface area contributed by atoms with Gasteiger partial charge in [0.1, 0.15) is 0 Å². The van der Waals surface area contributed by atoms with E-state index in [4.69, 9.17) is 9.26 Å². The molecule has 35 heavy (non-hydrogen) atoms. The van der Waals surface area contributed by atoms with Crippen LogP contribution in [0, 0.1) is 5.92 Å². The SMILES string of the molecule is C[C@@H]1[C@H]2[C@H](CON2Cc2ccccc2)[Si](c2ccccc2)(c2ccccc2)O[C@@H]1c1ccccc1. The predicted molar refractivity (Wildman–Crippen MR) is 143 cm³/mol. The van der Waals surface area contributed by atoms with E-state index in [1.165, 1.54) is 21.5 Å². The van der Waals surface area contributed by atoms with Crippen LogP contribution < -0.4 is 10.4 Å². The molecule has 0 aliphatic carbocycles. The van der Waals surface area contributed by atoms with Gasteiger partial charge >= 0.3 is 0 Å². The van der Waals surface area contributed by atoms with Gasteiger partial charge in [-0.05, 0) is 21.5 Å². The first-order chi connectivity index (χ1) is 17.3. The Morgan fingerprint density at radius 3 is 1.80 bits per heavy atom. The minimum atomic E-state index is -2.68. The quantitative estimate of drug-likeness (QED) is 0.362. The molecule has 0 aromatic heterocycles. The Morgan fingerprint density at radius 2 is 1.23 bits per heavy atom. The van der Waals surface area contributed by atoms with Crippen LogP contribution in [0.25, 0.3) is 0 Å². The van der Waals surface area contributed by atoms with Gasteiger partial charge < -0.3 is 4.43 Å². The molecule has 4 aromatic carbocycles. The molecule has 4 aromatic rings. The molecule has 3 nitrogen and oxygen atoms in total. The van der Waals surface area contributed by atoms with E-state index in [1.807, 2.05) is 0 Å². The lowest BCUT2D eigenvalue weighted by Crippen LogP contribution is -2.70. The molecular weight excluding hydrogens is 446 g/mol. The van der Waals surface area contributed by atoms with Crippen molar-refractivity contribution >= 4 is 18.7 Å². The molecule has 6 rings (SSSR count). The summed E-state index contributed by atoms with van der Waals surface area (Å²) < 4.78 is 7.49. The van der Waals surface area contributed by atoms with Gasteiger partial charge in [0.15, 0.2) is 0 Å². The molecule has 0 saturated carbocycles. The summed E-state index contributed by atoms with van der Waals surface area (Å²) in [7, 11) is -2.68. The molecule has 2 aliphatic heterocycles. The van der Waals surface area contributed by atoms with Gasteiger partial charge in [-0.2, -0.15) is 5.06 Å². The maximum atomic E-state index is 7.49. The summed E-state index contributed by atoms with van der Waals surface area (Å²) >= 11 is 0. The van der Waals surface area contributed by atoms with Gasteiger partial charge in [0.2, 0.25) is 0 Å². The van der Waals surface area contributed by atoms with Gasteiger partial charge in [0.05, 0.1) is 12.7 Å². The topological polar surface area (TPSA) is 21.7 Å². The Bertz CT molecular complexity index is 1200. The number of hydrogen-bond acceptors (Lipinski definition) is 3. The first-order valence-corrected chi connectivity index (χ1v) is 14.5. The van der Waals surface area contributed by atoms with Crippen molar-refractivity contribution in [1.29, 1.82) is 0 Å². The monoisotopic (exact) mass is 477 g/mol. The minimum absolute atomic E-state index is 0.00972. The molecule has 0 bridgehead atoms. The number of rotatable bonds is 5. The number of benzene rings is 4. The normalized spacial score (nSPS) is 25.7. The highest BCUT2D eigenvalue weighted by Gasteiger charge is 2.61. The largest absolute Gasteiger partial charge is 0.400 e. The highest BCUT2D eigenvalue weighted by Crippen LogP contribution is 2.50. The Labute approximate surface area is 209 Å². The van der Waals surface area contributed by atoms with Crippen LogP contribution in [0.1, 0.15) is 24.2 Å². The van der Waals surface area contributed by atoms with E-state index in [1.54, 1.807) is 0 Å². The van der Waals surface area contributed by atoms with Crippen molar-refractivity contribution < 1.29 is 9.26 Å². The van der Waals surface area contributed by atoms with Crippen LogP contribution in [0.4, 0.5) is 0 Å². The van der Waals surface area contributed by atoms with Crippen LogP contribution in [0.3, 0.4) is 0 Å². The van der Waals surface area contributed by atoms with E-state index in [-0.39, 0.29) is 23.6 Å². The first-order valence-electron chi connectivity index (χ1n) is 12.5.